The molecule has 0 saturated carbocycles. The van der Waals surface area contributed by atoms with Gasteiger partial charge in [-0.15, -0.1) is 4.28 Å². The van der Waals surface area contributed by atoms with Crippen molar-refractivity contribution in [1.82, 2.24) is 20.6 Å². The number of nitrogens with zero attached hydrogens (tertiary/aromatic N) is 2. The second-order valence-corrected chi connectivity index (χ2v) is 7.05. The van der Waals surface area contributed by atoms with Gasteiger partial charge in [0.25, 0.3) is 0 Å². The van der Waals surface area contributed by atoms with Crippen molar-refractivity contribution in [1.29, 1.82) is 0 Å². The van der Waals surface area contributed by atoms with Gasteiger partial charge in [-0.25, -0.2) is 4.79 Å². The minimum Gasteiger partial charge on any atom is -0.412 e. The Morgan fingerprint density at radius 2 is 1.92 bits per heavy atom. The van der Waals surface area contributed by atoms with Gasteiger partial charge in [0.05, 0.1) is 6.04 Å². The van der Waals surface area contributed by atoms with E-state index in [9.17, 15) is 18.0 Å². The Balaban J connectivity index is 0.00000208. The highest BCUT2D eigenvalue weighted by molar-refractivity contribution is 7.80. The van der Waals surface area contributed by atoms with E-state index in [0.29, 0.717) is 17.9 Å². The molecule has 0 radical (unpaired) electrons. The molecule has 2 bridgehead atoms. The molecule has 11 nitrogen and oxygen atoms in total. The lowest BCUT2D eigenvalue weighted by atomic mass is 9.99. The summed E-state index contributed by atoms with van der Waals surface area (Å²) < 4.78 is 34.8. The summed E-state index contributed by atoms with van der Waals surface area (Å²) in [5, 5.41) is 6.81. The lowest BCUT2D eigenvalue weighted by molar-refractivity contribution is -0.127. The minimum absolute atomic E-state index is 0. The van der Waals surface area contributed by atoms with Crippen LogP contribution in [0.5, 0.6) is 0 Å². The molecule has 3 rings (SSSR count). The monoisotopic (exact) mass is 366 g/mol. The van der Waals surface area contributed by atoms with Crippen molar-refractivity contribution in [3.63, 3.8) is 0 Å². The molecule has 138 valence electrons. The molecule has 3 saturated heterocycles. The van der Waals surface area contributed by atoms with Crippen molar-refractivity contribution >= 4 is 22.3 Å². The van der Waals surface area contributed by atoms with E-state index in [4.69, 9.17) is 4.55 Å². The number of rotatable bonds is 4. The second kappa shape index (κ2) is 7.19. The van der Waals surface area contributed by atoms with Crippen molar-refractivity contribution in [2.24, 2.45) is 0 Å². The first-order valence-corrected chi connectivity index (χ1v) is 8.99. The van der Waals surface area contributed by atoms with Gasteiger partial charge in [-0.2, -0.15) is 13.5 Å². The highest BCUT2D eigenvalue weighted by Crippen LogP contribution is 2.30. The molecule has 3 amide bonds. The van der Waals surface area contributed by atoms with Gasteiger partial charge in [0.15, 0.2) is 0 Å². The van der Waals surface area contributed by atoms with Crippen LogP contribution < -0.4 is 10.6 Å². The van der Waals surface area contributed by atoms with Crippen molar-refractivity contribution in [3.8, 4) is 0 Å². The van der Waals surface area contributed by atoms with E-state index in [2.05, 4.69) is 14.9 Å². The Hall–Kier alpha value is -1.47. The summed E-state index contributed by atoms with van der Waals surface area (Å²) in [5.74, 6) is -0.225. The zero-order chi connectivity index (χ0) is 16.6. The third-order valence-electron chi connectivity index (χ3n) is 4.49. The summed E-state index contributed by atoms with van der Waals surface area (Å²) in [6, 6.07) is -1.74. The Kier molecular flexibility index (Phi) is 5.65. The summed E-state index contributed by atoms with van der Waals surface area (Å²) in [6.07, 6.45) is 2.54. The molecule has 0 aromatic rings. The van der Waals surface area contributed by atoms with Crippen LogP contribution in [0.2, 0.25) is 0 Å². The van der Waals surface area contributed by atoms with Crippen LogP contribution in [0.15, 0.2) is 0 Å². The zero-order valence-corrected chi connectivity index (χ0v) is 13.8. The molecular formula is C12H22N4O7S. The first-order valence-electron chi connectivity index (χ1n) is 7.63. The maximum atomic E-state index is 12.4. The number of hydrogen-bond acceptors (Lipinski definition) is 6. The minimum atomic E-state index is -4.77. The van der Waals surface area contributed by atoms with Gasteiger partial charge in [0.2, 0.25) is 5.91 Å². The maximum absolute atomic E-state index is 12.4. The summed E-state index contributed by atoms with van der Waals surface area (Å²) in [7, 11) is -4.77. The van der Waals surface area contributed by atoms with Gasteiger partial charge in [0.1, 0.15) is 6.04 Å². The number of carbonyl (C=O) groups is 2. The van der Waals surface area contributed by atoms with Crippen LogP contribution in [0, 0.1) is 0 Å². The van der Waals surface area contributed by atoms with Crippen LogP contribution in [-0.2, 0) is 19.5 Å². The van der Waals surface area contributed by atoms with Gasteiger partial charge < -0.3 is 21.0 Å². The Bertz CT molecular complexity index is 592. The zero-order valence-electron chi connectivity index (χ0n) is 13.0. The predicted octanol–water partition coefficient (Wildman–Crippen LogP) is -1.97. The van der Waals surface area contributed by atoms with Crippen molar-refractivity contribution in [2.45, 2.75) is 43.8 Å². The number of piperidine rings is 2. The second-order valence-electron chi connectivity index (χ2n) is 6.04. The van der Waals surface area contributed by atoms with Gasteiger partial charge in [-0.1, -0.05) is 0 Å². The first-order chi connectivity index (χ1) is 10.8. The fourth-order valence-corrected chi connectivity index (χ4v) is 3.76. The molecule has 3 fully saturated rings. The molecule has 0 aromatic heterocycles. The number of urea groups is 1. The molecule has 0 aliphatic carbocycles. The molecule has 24 heavy (non-hydrogen) atoms. The molecule has 3 heterocycles. The van der Waals surface area contributed by atoms with Gasteiger partial charge >= 0.3 is 16.4 Å². The van der Waals surface area contributed by atoms with E-state index in [-0.39, 0.29) is 24.0 Å². The Morgan fingerprint density at radius 3 is 2.54 bits per heavy atom. The molecule has 3 aliphatic heterocycles. The molecular weight excluding hydrogens is 344 g/mol. The molecule has 0 aromatic carbocycles. The van der Waals surface area contributed by atoms with E-state index in [0.717, 1.165) is 25.9 Å². The first kappa shape index (κ1) is 18.9. The molecule has 12 heteroatoms. The van der Waals surface area contributed by atoms with Crippen LogP contribution in [0.25, 0.3) is 0 Å². The van der Waals surface area contributed by atoms with E-state index >= 15 is 0 Å². The van der Waals surface area contributed by atoms with E-state index in [1.807, 2.05) is 0 Å². The number of fused-ring (bicyclic) bond motifs is 2. The lowest BCUT2D eigenvalue weighted by Crippen LogP contribution is -2.53. The number of nitrogens with one attached hydrogen (secondary N) is 2. The van der Waals surface area contributed by atoms with E-state index in [1.54, 1.807) is 0 Å². The van der Waals surface area contributed by atoms with Crippen LogP contribution in [0.4, 0.5) is 4.79 Å². The van der Waals surface area contributed by atoms with Crippen molar-refractivity contribution < 1.29 is 32.3 Å². The van der Waals surface area contributed by atoms with Crippen molar-refractivity contribution in [3.05, 3.63) is 0 Å². The SMILES string of the molecule is O.O=C(NC1CCNCC1)[C@@H]1CC[C@@H]2CN1C(=O)N2OS(=O)(=O)O. The average molecular weight is 366 g/mol. The molecule has 0 unspecified atom stereocenters. The van der Waals surface area contributed by atoms with Crippen LogP contribution in [-0.4, -0.2) is 78.1 Å². The summed E-state index contributed by atoms with van der Waals surface area (Å²) in [6.45, 7) is 1.89. The Labute approximate surface area is 139 Å². The number of hydrogen-bond donors (Lipinski definition) is 3. The normalized spacial score (nSPS) is 27.8. The lowest BCUT2D eigenvalue weighted by Gasteiger charge is -2.32. The third-order valence-corrected chi connectivity index (χ3v) is 4.83. The standard InChI is InChI=1S/C12H20N4O6S.H2O/c17-11(14-8-3-5-13-6-4-8)10-2-1-9-7-15(10)12(18)16(9)22-23(19,20)21;/h8-10,13H,1-7H2,(H,14,17)(H,19,20,21);1H2/t9-,10+;/m1./s1. The van der Waals surface area contributed by atoms with Crippen LogP contribution >= 0.6 is 0 Å². The quantitative estimate of drug-likeness (QED) is 0.487. The summed E-state index contributed by atoms with van der Waals surface area (Å²) in [4.78, 5) is 26.0. The fourth-order valence-electron chi connectivity index (χ4n) is 3.37. The highest BCUT2D eigenvalue weighted by atomic mass is 32.3. The van der Waals surface area contributed by atoms with Crippen LogP contribution in [0.3, 0.4) is 0 Å². The van der Waals surface area contributed by atoms with E-state index < -0.39 is 28.5 Å². The largest absolute Gasteiger partial charge is 0.418 e. The number of carbonyl (C=O) groups excluding carboxylic acids is 2. The van der Waals surface area contributed by atoms with Crippen LogP contribution in [0.1, 0.15) is 25.7 Å². The van der Waals surface area contributed by atoms with E-state index in [1.165, 1.54) is 4.90 Å². The van der Waals surface area contributed by atoms with Gasteiger partial charge in [0, 0.05) is 12.6 Å². The maximum Gasteiger partial charge on any atom is 0.418 e. The molecule has 2 atom stereocenters. The number of amides is 3. The van der Waals surface area contributed by atoms with Crippen molar-refractivity contribution in [2.75, 3.05) is 19.6 Å². The molecule has 5 N–H and O–H groups in total. The summed E-state index contributed by atoms with van der Waals surface area (Å²) >= 11 is 0. The average Bonchev–Trinajstić information content (AvgIpc) is 2.72. The number of hydroxylamine groups is 2. The topological polar surface area (TPSA) is 160 Å². The fraction of sp³-hybridized carbons (Fsp3) is 0.833. The van der Waals surface area contributed by atoms with Gasteiger partial charge in [-0.05, 0) is 38.8 Å². The predicted molar refractivity (Wildman–Crippen MR) is 81.0 cm³/mol. The van der Waals surface area contributed by atoms with Gasteiger partial charge in [-0.3, -0.25) is 9.35 Å². The molecule has 3 aliphatic rings. The highest BCUT2D eigenvalue weighted by Gasteiger charge is 2.49. The Morgan fingerprint density at radius 1 is 1.25 bits per heavy atom. The smallest absolute Gasteiger partial charge is 0.412 e. The summed E-state index contributed by atoms with van der Waals surface area (Å²) in [5.41, 5.74) is 0. The molecule has 0 spiro atoms. The third kappa shape index (κ3) is 3.95.